The Bertz CT molecular complexity index is 1110. The number of allylic oxidation sites excluding steroid dienone is 1. The fraction of sp³-hybridized carbons (Fsp3) is 0.304. The molecule has 0 amide bonds. The molecule has 30 heavy (non-hydrogen) atoms. The third kappa shape index (κ3) is 3.94. The van der Waals surface area contributed by atoms with Gasteiger partial charge in [0.25, 0.3) is 6.02 Å². The molecule has 4 rings (SSSR count). The maximum atomic E-state index is 13.1. The van der Waals surface area contributed by atoms with Crippen molar-refractivity contribution in [2.75, 3.05) is 6.67 Å². The van der Waals surface area contributed by atoms with Crippen LogP contribution in [0.25, 0.3) is 0 Å². The van der Waals surface area contributed by atoms with E-state index in [-0.39, 0.29) is 24.0 Å². The van der Waals surface area contributed by atoms with Gasteiger partial charge in [-0.1, -0.05) is 24.3 Å². The number of ketones is 1. The van der Waals surface area contributed by atoms with Crippen LogP contribution in [0.3, 0.4) is 0 Å². The molecule has 1 atom stereocenters. The topological polar surface area (TPSA) is 101 Å². The number of halogens is 1. The first-order chi connectivity index (χ1) is 14.4. The van der Waals surface area contributed by atoms with Gasteiger partial charge in [0.2, 0.25) is 0 Å². The smallest absolute Gasteiger partial charge is 0.288 e. The second kappa shape index (κ2) is 7.71. The van der Waals surface area contributed by atoms with Crippen molar-refractivity contribution in [2.45, 2.75) is 37.6 Å². The Morgan fingerprint density at radius 3 is 2.90 bits per heavy atom. The highest BCUT2D eigenvalue weighted by atomic mass is 19.1. The third-order valence-corrected chi connectivity index (χ3v) is 5.36. The number of carbonyl (C=O) groups excluding carboxylic acids is 1. The molecule has 6 nitrogen and oxygen atoms in total. The van der Waals surface area contributed by atoms with Gasteiger partial charge in [0.05, 0.1) is 5.56 Å². The number of rotatable bonds is 6. The number of nitrogens with two attached hydrogens (primary N) is 1. The van der Waals surface area contributed by atoms with Crippen LogP contribution in [0, 0.1) is 11.3 Å². The molecule has 1 saturated carbocycles. The zero-order chi connectivity index (χ0) is 21.3. The molecular weight excluding hydrogens is 383 g/mol. The number of pyridine rings is 1. The molecule has 2 aliphatic rings. The van der Waals surface area contributed by atoms with Crippen molar-refractivity contribution in [3.8, 4) is 6.07 Å². The van der Waals surface area contributed by atoms with E-state index in [1.54, 1.807) is 12.1 Å². The van der Waals surface area contributed by atoms with Gasteiger partial charge in [-0.15, -0.1) is 0 Å². The number of alkyl halides is 1. The Morgan fingerprint density at radius 2 is 2.20 bits per heavy atom. The lowest BCUT2D eigenvalue weighted by atomic mass is 9.89. The quantitative estimate of drug-likeness (QED) is 0.740. The number of nitriles is 1. The molecule has 0 spiro atoms. The molecular formula is C23H21FN4O2. The van der Waals surface area contributed by atoms with Crippen LogP contribution in [0.2, 0.25) is 0 Å². The minimum absolute atomic E-state index is 0.0926. The van der Waals surface area contributed by atoms with Gasteiger partial charge in [0, 0.05) is 12.6 Å². The van der Waals surface area contributed by atoms with Gasteiger partial charge >= 0.3 is 0 Å². The molecule has 152 valence electrons. The predicted molar refractivity (Wildman–Crippen MR) is 110 cm³/mol. The van der Waals surface area contributed by atoms with E-state index in [9.17, 15) is 9.18 Å². The number of aliphatic imine (C=N–C) groups is 1. The summed E-state index contributed by atoms with van der Waals surface area (Å²) in [5.41, 5.74) is 8.17. The number of benzene rings is 1. The molecule has 2 aromatic rings. The average Bonchev–Trinajstić information content (AvgIpc) is 3.58. The number of Topliss-reactive ketones (excluding diaryl/α,β-unsaturated/α-hetero) is 1. The van der Waals surface area contributed by atoms with Gasteiger partial charge < -0.3 is 10.5 Å². The van der Waals surface area contributed by atoms with E-state index in [1.165, 1.54) is 6.20 Å². The molecule has 0 saturated heterocycles. The fourth-order valence-electron chi connectivity index (χ4n) is 3.72. The summed E-state index contributed by atoms with van der Waals surface area (Å²) >= 11 is 0. The number of carbonyl (C=O) groups is 1. The van der Waals surface area contributed by atoms with E-state index < -0.39 is 12.2 Å². The van der Waals surface area contributed by atoms with Crippen LogP contribution in [0.4, 0.5) is 4.39 Å². The maximum absolute atomic E-state index is 13.1. The normalized spacial score (nSPS) is 20.6. The molecule has 1 aromatic heterocycles. The molecule has 1 aromatic carbocycles. The van der Waals surface area contributed by atoms with Gasteiger partial charge in [0.15, 0.2) is 5.78 Å². The lowest BCUT2D eigenvalue weighted by Gasteiger charge is -2.27. The number of hydrogen-bond acceptors (Lipinski definition) is 6. The van der Waals surface area contributed by atoms with E-state index in [2.05, 4.69) is 16.0 Å². The summed E-state index contributed by atoms with van der Waals surface area (Å²) in [5.74, 6) is 0.319. The minimum Gasteiger partial charge on any atom is -0.428 e. The summed E-state index contributed by atoms with van der Waals surface area (Å²) < 4.78 is 18.2. The Hall–Kier alpha value is -3.53. The highest BCUT2D eigenvalue weighted by molar-refractivity contribution is 5.97. The van der Waals surface area contributed by atoms with Crippen LogP contribution >= 0.6 is 0 Å². The molecule has 1 aliphatic heterocycles. The Morgan fingerprint density at radius 1 is 1.40 bits per heavy atom. The highest BCUT2D eigenvalue weighted by Gasteiger charge is 2.31. The lowest BCUT2D eigenvalue weighted by molar-refractivity contribution is 0.0987. The van der Waals surface area contributed by atoms with Crippen molar-refractivity contribution in [1.29, 1.82) is 5.26 Å². The Labute approximate surface area is 173 Å². The average molecular weight is 404 g/mol. The van der Waals surface area contributed by atoms with E-state index in [1.807, 2.05) is 31.2 Å². The summed E-state index contributed by atoms with van der Waals surface area (Å²) in [5, 5.41) is 9.13. The number of nitrogens with zero attached hydrogens (tertiary/aromatic N) is 3. The van der Waals surface area contributed by atoms with Crippen LogP contribution in [0.1, 0.15) is 58.4 Å². The molecule has 0 radical (unpaired) electrons. The molecule has 1 aliphatic carbocycles. The number of amidine groups is 1. The zero-order valence-corrected chi connectivity index (χ0v) is 16.6. The van der Waals surface area contributed by atoms with Crippen molar-refractivity contribution < 1.29 is 13.9 Å². The molecule has 7 heteroatoms. The summed E-state index contributed by atoms with van der Waals surface area (Å²) in [7, 11) is 0. The second-order valence-electron chi connectivity index (χ2n) is 7.79. The van der Waals surface area contributed by atoms with E-state index >= 15 is 0 Å². The Balaban J connectivity index is 1.62. The van der Waals surface area contributed by atoms with Gasteiger partial charge in [-0.2, -0.15) is 5.26 Å². The third-order valence-electron chi connectivity index (χ3n) is 5.36. The molecule has 2 heterocycles. The van der Waals surface area contributed by atoms with Crippen LogP contribution in [0.5, 0.6) is 0 Å². The first-order valence-corrected chi connectivity index (χ1v) is 9.75. The van der Waals surface area contributed by atoms with Gasteiger partial charge in [-0.05, 0) is 54.5 Å². The van der Waals surface area contributed by atoms with Crippen molar-refractivity contribution in [3.63, 3.8) is 0 Å². The van der Waals surface area contributed by atoms with Crippen LogP contribution < -0.4 is 5.73 Å². The van der Waals surface area contributed by atoms with Crippen LogP contribution in [0.15, 0.2) is 53.4 Å². The predicted octanol–water partition coefficient (Wildman–Crippen LogP) is 3.67. The van der Waals surface area contributed by atoms with Gasteiger partial charge in [-0.3, -0.25) is 9.78 Å². The first kappa shape index (κ1) is 19.8. The molecule has 0 unspecified atom stereocenters. The van der Waals surface area contributed by atoms with Gasteiger partial charge in [0.1, 0.15) is 29.7 Å². The number of ether oxygens (including phenoxy) is 1. The lowest BCUT2D eigenvalue weighted by Crippen LogP contribution is -2.30. The largest absolute Gasteiger partial charge is 0.428 e. The standard InChI is InChI=1S/C23H21FN4O2/c1-23(10-18(11-24)30-22(26)28-23)17-4-2-3-14(7-17)9-20(29)21-19(16-5-6-16)8-15(12-25)13-27-21/h2-4,7-8,10,13,16H,5-6,9,11H2,1H3,(H2,26,28)/t23-/m0/s1. The van der Waals surface area contributed by atoms with E-state index in [0.29, 0.717) is 17.2 Å². The molecule has 2 N–H and O–H groups in total. The SMILES string of the molecule is C[C@@]1(c2cccc(CC(=O)c3ncc(C#N)cc3C3CC3)c2)C=C(CF)OC(N)=N1. The zero-order valence-electron chi connectivity index (χ0n) is 16.6. The molecule has 1 fully saturated rings. The number of aromatic nitrogens is 1. The minimum atomic E-state index is -0.880. The van der Waals surface area contributed by atoms with Crippen LogP contribution in [-0.4, -0.2) is 23.5 Å². The highest BCUT2D eigenvalue weighted by Crippen LogP contribution is 2.41. The van der Waals surface area contributed by atoms with E-state index in [0.717, 1.165) is 29.5 Å². The fourth-order valence-corrected chi connectivity index (χ4v) is 3.72. The van der Waals surface area contributed by atoms with Crippen molar-refractivity contribution in [3.05, 3.63) is 76.3 Å². The van der Waals surface area contributed by atoms with Crippen LogP contribution in [-0.2, 0) is 16.7 Å². The summed E-state index contributed by atoms with van der Waals surface area (Å²) in [6.07, 6.45) is 5.22. The van der Waals surface area contributed by atoms with Crippen molar-refractivity contribution in [1.82, 2.24) is 4.98 Å². The van der Waals surface area contributed by atoms with E-state index in [4.69, 9.17) is 15.7 Å². The summed E-state index contributed by atoms with van der Waals surface area (Å²) in [4.78, 5) is 21.6. The Kier molecular flexibility index (Phi) is 5.08. The van der Waals surface area contributed by atoms with Crippen molar-refractivity contribution in [2.24, 2.45) is 10.7 Å². The first-order valence-electron chi connectivity index (χ1n) is 9.75. The summed E-state index contributed by atoms with van der Waals surface area (Å²) in [6, 6.07) is 11.2. The second-order valence-corrected chi connectivity index (χ2v) is 7.79. The van der Waals surface area contributed by atoms with Crippen molar-refractivity contribution >= 4 is 11.8 Å². The molecule has 0 bridgehead atoms. The number of hydrogen-bond donors (Lipinski definition) is 1. The maximum Gasteiger partial charge on any atom is 0.288 e. The monoisotopic (exact) mass is 404 g/mol. The van der Waals surface area contributed by atoms with Gasteiger partial charge in [-0.25, -0.2) is 9.38 Å². The summed E-state index contributed by atoms with van der Waals surface area (Å²) in [6.45, 7) is 1.03.